The van der Waals surface area contributed by atoms with Crippen molar-refractivity contribution >= 4 is 16.8 Å². The molecule has 41 heavy (non-hydrogen) atoms. The van der Waals surface area contributed by atoms with Crippen LogP contribution in [0.2, 0.25) is 0 Å². The highest BCUT2D eigenvalue weighted by Gasteiger charge is 2.23. The topological polar surface area (TPSA) is 52.5 Å². The van der Waals surface area contributed by atoms with Crippen LogP contribution in [0.1, 0.15) is 48.4 Å². The molecule has 1 amide bonds. The first-order valence-electron chi connectivity index (χ1n) is 14.2. The zero-order valence-corrected chi connectivity index (χ0v) is 24.0. The maximum Gasteiger partial charge on any atom is 0.220 e. The van der Waals surface area contributed by atoms with Crippen molar-refractivity contribution in [3.8, 4) is 11.5 Å². The fourth-order valence-electron chi connectivity index (χ4n) is 5.13. The van der Waals surface area contributed by atoms with E-state index in [1.54, 1.807) is 7.11 Å². The minimum absolute atomic E-state index is 0.0556. The van der Waals surface area contributed by atoms with E-state index in [1.165, 1.54) is 5.56 Å². The molecule has 1 atom stereocenters. The molecule has 1 heterocycles. The van der Waals surface area contributed by atoms with E-state index in [1.807, 2.05) is 42.5 Å². The zero-order chi connectivity index (χ0) is 28.6. The first-order valence-corrected chi connectivity index (χ1v) is 14.2. The van der Waals surface area contributed by atoms with Gasteiger partial charge in [0.2, 0.25) is 5.91 Å². The number of rotatable bonds is 12. The van der Waals surface area contributed by atoms with Crippen LogP contribution in [-0.2, 0) is 17.9 Å². The highest BCUT2D eigenvalue weighted by molar-refractivity contribution is 5.86. The van der Waals surface area contributed by atoms with Crippen molar-refractivity contribution in [2.24, 2.45) is 5.92 Å². The van der Waals surface area contributed by atoms with Gasteiger partial charge in [-0.05, 0) is 58.5 Å². The van der Waals surface area contributed by atoms with Gasteiger partial charge in [-0.25, -0.2) is 0 Å². The molecular formula is C36H38N2O3. The third-order valence-corrected chi connectivity index (χ3v) is 7.33. The number of amides is 1. The van der Waals surface area contributed by atoms with E-state index in [0.29, 0.717) is 25.5 Å². The van der Waals surface area contributed by atoms with Crippen molar-refractivity contribution in [2.45, 2.75) is 39.3 Å². The van der Waals surface area contributed by atoms with Crippen LogP contribution in [0.5, 0.6) is 11.5 Å². The lowest BCUT2D eigenvalue weighted by Crippen LogP contribution is -2.28. The van der Waals surface area contributed by atoms with Crippen LogP contribution in [-0.4, -0.2) is 24.1 Å². The Morgan fingerprint density at radius 3 is 2.20 bits per heavy atom. The van der Waals surface area contributed by atoms with E-state index in [0.717, 1.165) is 45.6 Å². The molecule has 0 radical (unpaired) electrons. The maximum absolute atomic E-state index is 13.2. The Hall–Kier alpha value is -4.51. The number of hydrogen-bond acceptors (Lipinski definition) is 3. The maximum atomic E-state index is 13.2. The quantitative estimate of drug-likeness (QED) is 0.176. The molecule has 5 heteroatoms. The van der Waals surface area contributed by atoms with Crippen molar-refractivity contribution in [3.63, 3.8) is 0 Å². The smallest absolute Gasteiger partial charge is 0.220 e. The van der Waals surface area contributed by atoms with Gasteiger partial charge in [-0.15, -0.1) is 0 Å². The van der Waals surface area contributed by atoms with Crippen molar-refractivity contribution in [3.05, 3.63) is 132 Å². The van der Waals surface area contributed by atoms with Gasteiger partial charge in [-0.3, -0.25) is 4.79 Å². The van der Waals surface area contributed by atoms with E-state index in [9.17, 15) is 4.79 Å². The van der Waals surface area contributed by atoms with Gasteiger partial charge >= 0.3 is 0 Å². The summed E-state index contributed by atoms with van der Waals surface area (Å²) < 4.78 is 13.7. The molecular weight excluding hydrogens is 508 g/mol. The summed E-state index contributed by atoms with van der Waals surface area (Å²) >= 11 is 0. The molecule has 0 aliphatic carbocycles. The Labute approximate surface area is 242 Å². The van der Waals surface area contributed by atoms with Gasteiger partial charge in [-0.1, -0.05) is 86.6 Å². The molecule has 5 nitrogen and oxygen atoms in total. The Bertz CT molecular complexity index is 1550. The first-order chi connectivity index (χ1) is 20.0. The predicted octanol–water partition coefficient (Wildman–Crippen LogP) is 7.57. The lowest BCUT2D eigenvalue weighted by atomic mass is 9.88. The molecule has 0 bridgehead atoms. The molecule has 210 valence electrons. The molecule has 0 saturated heterocycles. The van der Waals surface area contributed by atoms with Crippen LogP contribution in [0.3, 0.4) is 0 Å². The van der Waals surface area contributed by atoms with E-state index in [-0.39, 0.29) is 11.8 Å². The average Bonchev–Trinajstić information content (AvgIpc) is 3.37. The number of ether oxygens (including phenoxy) is 2. The number of carbonyl (C=O) groups is 1. The molecule has 4 aromatic carbocycles. The number of hydrogen-bond donors (Lipinski definition) is 1. The molecule has 0 saturated carbocycles. The minimum Gasteiger partial charge on any atom is -0.497 e. The van der Waals surface area contributed by atoms with Gasteiger partial charge in [0.1, 0.15) is 18.1 Å². The third-order valence-electron chi connectivity index (χ3n) is 7.33. The summed E-state index contributed by atoms with van der Waals surface area (Å²) in [5.41, 5.74) is 5.69. The second-order valence-electron chi connectivity index (χ2n) is 10.9. The third kappa shape index (κ3) is 7.17. The van der Waals surface area contributed by atoms with Crippen molar-refractivity contribution in [1.29, 1.82) is 0 Å². The summed E-state index contributed by atoms with van der Waals surface area (Å²) in [7, 11) is 1.68. The minimum atomic E-state index is -0.104. The monoisotopic (exact) mass is 546 g/mol. The number of aromatic nitrogens is 1. The van der Waals surface area contributed by atoms with Crippen LogP contribution >= 0.6 is 0 Å². The van der Waals surface area contributed by atoms with Crippen LogP contribution in [0.25, 0.3) is 10.9 Å². The van der Waals surface area contributed by atoms with E-state index in [2.05, 4.69) is 90.6 Å². The Balaban J connectivity index is 1.45. The van der Waals surface area contributed by atoms with Gasteiger partial charge in [0, 0.05) is 42.5 Å². The second kappa shape index (κ2) is 13.2. The van der Waals surface area contributed by atoms with Gasteiger partial charge in [0.25, 0.3) is 0 Å². The lowest BCUT2D eigenvalue weighted by Gasteiger charge is -2.18. The number of nitrogens with zero attached hydrogens (tertiary/aromatic N) is 1. The number of para-hydroxylation sites is 1. The molecule has 0 aliphatic rings. The molecule has 1 N–H and O–H groups in total. The Morgan fingerprint density at radius 1 is 0.805 bits per heavy atom. The molecule has 5 aromatic rings. The Kier molecular flexibility index (Phi) is 9.05. The number of fused-ring (bicyclic) bond motifs is 1. The van der Waals surface area contributed by atoms with Gasteiger partial charge in [-0.2, -0.15) is 0 Å². The first kappa shape index (κ1) is 28.0. The van der Waals surface area contributed by atoms with Crippen LogP contribution in [0, 0.1) is 5.92 Å². The van der Waals surface area contributed by atoms with Crippen LogP contribution < -0.4 is 14.8 Å². The number of methoxy groups -OCH3 is 1. The summed E-state index contributed by atoms with van der Waals surface area (Å²) in [6, 6.07) is 35.0. The number of benzene rings is 4. The highest BCUT2D eigenvalue weighted by Crippen LogP contribution is 2.36. The van der Waals surface area contributed by atoms with Crippen LogP contribution in [0.15, 0.2) is 109 Å². The summed E-state index contributed by atoms with van der Waals surface area (Å²) in [5, 5.41) is 4.28. The summed E-state index contributed by atoms with van der Waals surface area (Å²) in [5.74, 6) is 2.00. The van der Waals surface area contributed by atoms with Gasteiger partial charge in [0.15, 0.2) is 0 Å². The SMILES string of the molecule is COc1ccc(Cn2cc(C(CC(=O)NCC(C)C)c3ccc(OCc4ccccc4)cc3)c3ccccc32)cc1. The summed E-state index contributed by atoms with van der Waals surface area (Å²) in [4.78, 5) is 13.2. The average molecular weight is 547 g/mol. The molecule has 1 unspecified atom stereocenters. The molecule has 0 fully saturated rings. The zero-order valence-electron chi connectivity index (χ0n) is 24.0. The van der Waals surface area contributed by atoms with Crippen LogP contribution in [0.4, 0.5) is 0 Å². The van der Waals surface area contributed by atoms with E-state index >= 15 is 0 Å². The van der Waals surface area contributed by atoms with Crippen molar-refractivity contribution in [2.75, 3.05) is 13.7 Å². The molecule has 1 aromatic heterocycles. The highest BCUT2D eigenvalue weighted by atomic mass is 16.5. The van der Waals surface area contributed by atoms with Gasteiger partial charge in [0.05, 0.1) is 7.11 Å². The molecule has 5 rings (SSSR count). The lowest BCUT2D eigenvalue weighted by molar-refractivity contribution is -0.121. The Morgan fingerprint density at radius 2 is 1.49 bits per heavy atom. The van der Waals surface area contributed by atoms with Gasteiger partial charge < -0.3 is 19.4 Å². The van der Waals surface area contributed by atoms with E-state index in [4.69, 9.17) is 9.47 Å². The fraction of sp³-hybridized carbons (Fsp3) is 0.250. The standard InChI is InChI=1S/C36H38N2O3/c1-26(2)22-37-36(39)21-33(29-15-19-31(20-16-29)41-25-28-9-5-4-6-10-28)34-24-38(35-12-8-7-11-32(34)35)23-27-13-17-30(40-3)18-14-27/h4-20,24,26,33H,21-23,25H2,1-3H3,(H,37,39). The van der Waals surface area contributed by atoms with E-state index < -0.39 is 0 Å². The normalized spacial score (nSPS) is 11.9. The molecule has 0 spiro atoms. The number of carbonyl (C=O) groups excluding carboxylic acids is 1. The second-order valence-corrected chi connectivity index (χ2v) is 10.9. The summed E-state index contributed by atoms with van der Waals surface area (Å²) in [6.45, 7) is 6.12. The summed E-state index contributed by atoms with van der Waals surface area (Å²) in [6.07, 6.45) is 2.59. The largest absolute Gasteiger partial charge is 0.497 e. The fourth-order valence-corrected chi connectivity index (χ4v) is 5.13. The van der Waals surface area contributed by atoms with Crippen molar-refractivity contribution < 1.29 is 14.3 Å². The predicted molar refractivity (Wildman–Crippen MR) is 166 cm³/mol. The molecule has 0 aliphatic heterocycles. The van der Waals surface area contributed by atoms with Crippen molar-refractivity contribution in [1.82, 2.24) is 9.88 Å². The number of nitrogens with one attached hydrogen (secondary N) is 1.